The van der Waals surface area contributed by atoms with Crippen LogP contribution in [0.15, 0.2) is 54.6 Å². The summed E-state index contributed by atoms with van der Waals surface area (Å²) in [7, 11) is 1.64. The molecular weight excluding hydrogens is 292 g/mol. The van der Waals surface area contributed by atoms with Crippen molar-refractivity contribution >= 4 is 6.03 Å². The van der Waals surface area contributed by atoms with Crippen LogP contribution in [0.1, 0.15) is 5.56 Å². The van der Waals surface area contributed by atoms with Crippen molar-refractivity contribution in [2.45, 2.75) is 6.42 Å². The van der Waals surface area contributed by atoms with E-state index in [4.69, 9.17) is 9.47 Å². The van der Waals surface area contributed by atoms with E-state index in [0.717, 1.165) is 23.5 Å². The fraction of sp³-hybridized carbons (Fsp3) is 0.278. The Morgan fingerprint density at radius 2 is 1.65 bits per heavy atom. The van der Waals surface area contributed by atoms with E-state index in [1.165, 1.54) is 0 Å². The quantitative estimate of drug-likeness (QED) is 0.736. The number of ether oxygens (including phenoxy) is 2. The molecule has 2 aromatic carbocycles. The minimum Gasteiger partial charge on any atom is -0.496 e. The first-order chi connectivity index (χ1) is 11.3. The molecule has 5 heteroatoms. The smallest absolute Gasteiger partial charge is 0.314 e. The zero-order chi connectivity index (χ0) is 16.3. The molecule has 5 nitrogen and oxygen atoms in total. The summed E-state index contributed by atoms with van der Waals surface area (Å²) < 4.78 is 10.8. The molecule has 2 amide bonds. The molecule has 122 valence electrons. The first kappa shape index (κ1) is 16.7. The number of methoxy groups -OCH3 is 1. The molecule has 0 spiro atoms. The lowest BCUT2D eigenvalue weighted by Crippen LogP contribution is -2.38. The zero-order valence-corrected chi connectivity index (χ0v) is 13.2. The number of hydrogen-bond donors (Lipinski definition) is 2. The molecule has 2 N–H and O–H groups in total. The van der Waals surface area contributed by atoms with Crippen LogP contribution in [0, 0.1) is 0 Å². The van der Waals surface area contributed by atoms with Crippen LogP contribution in [0.3, 0.4) is 0 Å². The van der Waals surface area contributed by atoms with Gasteiger partial charge >= 0.3 is 6.03 Å². The summed E-state index contributed by atoms with van der Waals surface area (Å²) in [5.74, 6) is 1.64. The lowest BCUT2D eigenvalue weighted by molar-refractivity contribution is 0.236. The highest BCUT2D eigenvalue weighted by atomic mass is 16.5. The van der Waals surface area contributed by atoms with E-state index in [2.05, 4.69) is 10.6 Å². The standard InChI is InChI=1S/C18H22N2O3/c1-22-17-10-6-5-7-15(17)11-12-19-18(21)20-13-14-23-16-8-3-2-4-9-16/h2-10H,11-14H2,1H3,(H2,19,20,21). The number of benzene rings is 2. The Kier molecular flexibility index (Phi) is 6.78. The molecule has 23 heavy (non-hydrogen) atoms. The molecule has 0 radical (unpaired) electrons. The van der Waals surface area contributed by atoms with E-state index in [1.54, 1.807) is 7.11 Å². The van der Waals surface area contributed by atoms with Crippen LogP contribution in [0.4, 0.5) is 4.79 Å². The third kappa shape index (κ3) is 5.90. The molecule has 0 saturated carbocycles. The molecule has 0 saturated heterocycles. The molecule has 0 atom stereocenters. The summed E-state index contributed by atoms with van der Waals surface area (Å²) in [5, 5.41) is 5.58. The highest BCUT2D eigenvalue weighted by Gasteiger charge is 2.03. The Bertz CT molecular complexity index is 602. The molecule has 0 unspecified atom stereocenters. The summed E-state index contributed by atoms with van der Waals surface area (Å²) in [6, 6.07) is 17.1. The number of hydrogen-bond acceptors (Lipinski definition) is 3. The lowest BCUT2D eigenvalue weighted by Gasteiger charge is -2.10. The van der Waals surface area contributed by atoms with E-state index in [-0.39, 0.29) is 6.03 Å². The van der Waals surface area contributed by atoms with Crippen LogP contribution in [-0.4, -0.2) is 32.8 Å². The van der Waals surface area contributed by atoms with Gasteiger partial charge in [0.1, 0.15) is 18.1 Å². The minimum absolute atomic E-state index is 0.198. The topological polar surface area (TPSA) is 59.6 Å². The van der Waals surface area contributed by atoms with Crippen molar-refractivity contribution < 1.29 is 14.3 Å². The largest absolute Gasteiger partial charge is 0.496 e. The number of amides is 2. The van der Waals surface area contributed by atoms with Crippen molar-refractivity contribution in [3.05, 3.63) is 60.2 Å². The van der Waals surface area contributed by atoms with Crippen molar-refractivity contribution in [1.29, 1.82) is 0 Å². The van der Waals surface area contributed by atoms with Gasteiger partial charge in [-0.3, -0.25) is 0 Å². The third-order valence-electron chi connectivity index (χ3n) is 3.27. The molecule has 0 fully saturated rings. The van der Waals surface area contributed by atoms with Crippen molar-refractivity contribution in [2.75, 3.05) is 26.8 Å². The zero-order valence-electron chi connectivity index (χ0n) is 13.2. The fourth-order valence-corrected chi connectivity index (χ4v) is 2.13. The van der Waals surface area contributed by atoms with Crippen molar-refractivity contribution in [3.63, 3.8) is 0 Å². The lowest BCUT2D eigenvalue weighted by atomic mass is 10.1. The van der Waals surface area contributed by atoms with Gasteiger partial charge < -0.3 is 20.1 Å². The monoisotopic (exact) mass is 314 g/mol. The highest BCUT2D eigenvalue weighted by molar-refractivity contribution is 5.73. The van der Waals surface area contributed by atoms with Crippen LogP contribution in [0.25, 0.3) is 0 Å². The Morgan fingerprint density at radius 1 is 0.957 bits per heavy atom. The van der Waals surface area contributed by atoms with Crippen molar-refractivity contribution in [1.82, 2.24) is 10.6 Å². The summed E-state index contributed by atoms with van der Waals surface area (Å²) in [6.45, 7) is 1.44. The first-order valence-corrected chi connectivity index (χ1v) is 7.61. The van der Waals surface area contributed by atoms with E-state index in [9.17, 15) is 4.79 Å². The molecule has 2 rings (SSSR count). The third-order valence-corrected chi connectivity index (χ3v) is 3.27. The van der Waals surface area contributed by atoms with Crippen LogP contribution in [0.5, 0.6) is 11.5 Å². The van der Waals surface area contributed by atoms with Gasteiger partial charge in [-0.25, -0.2) is 4.79 Å². The van der Waals surface area contributed by atoms with Gasteiger partial charge in [0.05, 0.1) is 13.7 Å². The van der Waals surface area contributed by atoms with Gasteiger partial charge in [0.25, 0.3) is 0 Å². The van der Waals surface area contributed by atoms with Crippen LogP contribution in [-0.2, 0) is 6.42 Å². The number of para-hydroxylation sites is 2. The SMILES string of the molecule is COc1ccccc1CCNC(=O)NCCOc1ccccc1. The second-order valence-electron chi connectivity index (χ2n) is 4.91. The molecule has 2 aromatic rings. The van der Waals surface area contributed by atoms with Gasteiger partial charge in [0.15, 0.2) is 0 Å². The molecule has 0 heterocycles. The minimum atomic E-state index is -0.198. The van der Waals surface area contributed by atoms with Gasteiger partial charge in [-0.05, 0) is 30.2 Å². The maximum atomic E-state index is 11.7. The maximum Gasteiger partial charge on any atom is 0.314 e. The van der Waals surface area contributed by atoms with E-state index < -0.39 is 0 Å². The van der Waals surface area contributed by atoms with E-state index >= 15 is 0 Å². The number of nitrogens with one attached hydrogen (secondary N) is 2. The summed E-state index contributed by atoms with van der Waals surface area (Å²) in [5.41, 5.74) is 1.07. The average Bonchev–Trinajstić information content (AvgIpc) is 2.60. The van der Waals surface area contributed by atoms with Crippen molar-refractivity contribution in [3.8, 4) is 11.5 Å². The van der Waals surface area contributed by atoms with Gasteiger partial charge in [0, 0.05) is 6.54 Å². The number of carbonyl (C=O) groups excluding carboxylic acids is 1. The Morgan fingerprint density at radius 3 is 2.43 bits per heavy atom. The Hall–Kier alpha value is -2.69. The second kappa shape index (κ2) is 9.35. The molecule has 0 aromatic heterocycles. The predicted octanol–water partition coefficient (Wildman–Crippen LogP) is 2.62. The predicted molar refractivity (Wildman–Crippen MR) is 90.0 cm³/mol. The van der Waals surface area contributed by atoms with Gasteiger partial charge in [-0.15, -0.1) is 0 Å². The Balaban J connectivity index is 1.60. The summed E-state index contributed by atoms with van der Waals surface area (Å²) in [4.78, 5) is 11.7. The number of urea groups is 1. The van der Waals surface area contributed by atoms with Crippen LogP contribution < -0.4 is 20.1 Å². The maximum absolute atomic E-state index is 11.7. The van der Waals surface area contributed by atoms with Gasteiger partial charge in [-0.2, -0.15) is 0 Å². The second-order valence-corrected chi connectivity index (χ2v) is 4.91. The number of carbonyl (C=O) groups is 1. The highest BCUT2D eigenvalue weighted by Crippen LogP contribution is 2.17. The van der Waals surface area contributed by atoms with Gasteiger partial charge in [0.2, 0.25) is 0 Å². The molecule has 0 aliphatic carbocycles. The van der Waals surface area contributed by atoms with Crippen molar-refractivity contribution in [2.24, 2.45) is 0 Å². The fourth-order valence-electron chi connectivity index (χ4n) is 2.13. The first-order valence-electron chi connectivity index (χ1n) is 7.61. The molecular formula is C18H22N2O3. The van der Waals surface area contributed by atoms with E-state index in [0.29, 0.717) is 19.7 Å². The molecule has 0 aliphatic rings. The molecule has 0 aliphatic heterocycles. The van der Waals surface area contributed by atoms with E-state index in [1.807, 2.05) is 54.6 Å². The van der Waals surface area contributed by atoms with Crippen LogP contribution in [0.2, 0.25) is 0 Å². The number of rotatable bonds is 8. The average molecular weight is 314 g/mol. The normalized spacial score (nSPS) is 9.96. The summed E-state index contributed by atoms with van der Waals surface area (Å²) in [6.07, 6.45) is 0.720. The summed E-state index contributed by atoms with van der Waals surface area (Å²) >= 11 is 0. The van der Waals surface area contributed by atoms with Crippen LogP contribution >= 0.6 is 0 Å². The molecule has 0 bridgehead atoms. The Labute approximate surface area is 136 Å². The van der Waals surface area contributed by atoms with Gasteiger partial charge in [-0.1, -0.05) is 36.4 Å².